The van der Waals surface area contributed by atoms with Gasteiger partial charge in [0.15, 0.2) is 17.3 Å². The molecule has 1 aliphatic rings. The summed E-state index contributed by atoms with van der Waals surface area (Å²) < 4.78 is 76.7. The number of anilines is 1. The Morgan fingerprint density at radius 2 is 1.69 bits per heavy atom. The molecule has 0 spiro atoms. The summed E-state index contributed by atoms with van der Waals surface area (Å²) in [6.07, 6.45) is 4.56. The van der Waals surface area contributed by atoms with Gasteiger partial charge in [0, 0.05) is 23.7 Å². The Kier molecular flexibility index (Phi) is 5.75. The Hall–Kier alpha value is -3.80. The van der Waals surface area contributed by atoms with Crippen molar-refractivity contribution in [3.05, 3.63) is 59.7 Å². The lowest BCUT2D eigenvalue weighted by molar-refractivity contribution is 0.306. The quantitative estimate of drug-likeness (QED) is 0.308. The third-order valence-corrected chi connectivity index (χ3v) is 6.04. The molecule has 4 aromatic rings. The van der Waals surface area contributed by atoms with Gasteiger partial charge in [-0.15, -0.1) is 0 Å². The number of nitrogens with two attached hydrogens (primary N) is 2. The summed E-state index contributed by atoms with van der Waals surface area (Å²) in [4.78, 5) is 8.29. The van der Waals surface area contributed by atoms with Crippen molar-refractivity contribution >= 4 is 16.9 Å². The Bertz CT molecular complexity index is 1420. The minimum Gasteiger partial charge on any atom is -0.451 e. The molecule has 2 atom stereocenters. The summed E-state index contributed by atoms with van der Waals surface area (Å²) in [6, 6.07) is 3.23. The summed E-state index contributed by atoms with van der Waals surface area (Å²) >= 11 is 0. The Labute approximate surface area is 195 Å². The minimum absolute atomic E-state index is 0.00254. The molecular formula is C23H19F5N6O. The molecule has 0 bridgehead atoms. The van der Waals surface area contributed by atoms with Crippen molar-refractivity contribution in [3.8, 4) is 22.8 Å². The monoisotopic (exact) mass is 490 g/mol. The van der Waals surface area contributed by atoms with Crippen LogP contribution in [0.3, 0.4) is 0 Å². The number of hydrogen-bond donors (Lipinski definition) is 2. The number of benzene rings is 2. The number of aromatic nitrogens is 4. The molecule has 1 aliphatic carbocycles. The van der Waals surface area contributed by atoms with Gasteiger partial charge >= 0.3 is 0 Å². The molecule has 4 N–H and O–H groups in total. The van der Waals surface area contributed by atoms with Crippen LogP contribution in [0.4, 0.5) is 27.8 Å². The largest absolute Gasteiger partial charge is 0.451 e. The van der Waals surface area contributed by atoms with Crippen LogP contribution in [-0.2, 0) is 0 Å². The van der Waals surface area contributed by atoms with E-state index < -0.39 is 34.8 Å². The lowest BCUT2D eigenvalue weighted by Crippen LogP contribution is -2.29. The second-order valence-electron chi connectivity index (χ2n) is 8.37. The first kappa shape index (κ1) is 23.0. The first-order chi connectivity index (χ1) is 16.7. The maximum atomic E-state index is 15.2. The lowest BCUT2D eigenvalue weighted by Gasteiger charge is -2.26. The summed E-state index contributed by atoms with van der Waals surface area (Å²) in [5.74, 6) is -9.28. The summed E-state index contributed by atoms with van der Waals surface area (Å²) in [6.45, 7) is 0. The molecule has 35 heavy (non-hydrogen) atoms. The smallest absolute Gasteiger partial charge is 0.204 e. The molecule has 2 aromatic carbocycles. The minimum atomic E-state index is -1.74. The predicted octanol–water partition coefficient (Wildman–Crippen LogP) is 5.01. The second-order valence-corrected chi connectivity index (χ2v) is 8.37. The van der Waals surface area contributed by atoms with Gasteiger partial charge in [0.2, 0.25) is 17.4 Å². The van der Waals surface area contributed by atoms with Crippen molar-refractivity contribution < 1.29 is 26.7 Å². The Balaban J connectivity index is 1.57. The van der Waals surface area contributed by atoms with Gasteiger partial charge in [-0.25, -0.2) is 27.8 Å². The molecule has 5 rings (SSSR count). The zero-order valence-corrected chi connectivity index (χ0v) is 18.1. The normalized spacial score (nSPS) is 18.2. The number of nitrogen functional groups attached to an aromatic ring is 1. The number of ether oxygens (including phenoxy) is 1. The van der Waals surface area contributed by atoms with Gasteiger partial charge in [-0.05, 0) is 37.8 Å². The molecule has 12 heteroatoms. The van der Waals surface area contributed by atoms with Gasteiger partial charge in [0.1, 0.15) is 29.4 Å². The van der Waals surface area contributed by atoms with Crippen LogP contribution >= 0.6 is 0 Å². The summed E-state index contributed by atoms with van der Waals surface area (Å²) in [5.41, 5.74) is 12.8. The fraction of sp³-hybridized carbons (Fsp3) is 0.261. The van der Waals surface area contributed by atoms with Crippen molar-refractivity contribution in [2.45, 2.75) is 37.8 Å². The first-order valence-electron chi connectivity index (χ1n) is 10.8. The van der Waals surface area contributed by atoms with Gasteiger partial charge < -0.3 is 16.2 Å². The highest BCUT2D eigenvalue weighted by atomic mass is 19.2. The van der Waals surface area contributed by atoms with E-state index in [2.05, 4.69) is 15.1 Å². The average molecular weight is 490 g/mol. The van der Waals surface area contributed by atoms with E-state index in [1.54, 1.807) is 4.68 Å². The maximum Gasteiger partial charge on any atom is 0.204 e. The molecule has 0 saturated heterocycles. The average Bonchev–Trinajstić information content (AvgIpc) is 3.21. The molecule has 182 valence electrons. The molecule has 2 heterocycles. The molecular weight excluding hydrogens is 471 g/mol. The van der Waals surface area contributed by atoms with Crippen LogP contribution in [0.1, 0.15) is 31.7 Å². The molecule has 2 unspecified atom stereocenters. The number of rotatable bonds is 4. The fourth-order valence-corrected chi connectivity index (χ4v) is 4.37. The third kappa shape index (κ3) is 4.03. The lowest BCUT2D eigenvalue weighted by atomic mass is 9.92. The van der Waals surface area contributed by atoms with Crippen LogP contribution < -0.4 is 16.2 Å². The van der Waals surface area contributed by atoms with Crippen LogP contribution in [0.5, 0.6) is 11.5 Å². The van der Waals surface area contributed by atoms with Gasteiger partial charge in [0.05, 0.1) is 11.4 Å². The van der Waals surface area contributed by atoms with E-state index in [4.69, 9.17) is 16.2 Å². The first-order valence-corrected chi connectivity index (χ1v) is 10.8. The number of nitrogens with zero attached hydrogens (tertiary/aromatic N) is 4. The topological polar surface area (TPSA) is 105 Å². The van der Waals surface area contributed by atoms with Crippen molar-refractivity contribution in [2.24, 2.45) is 5.73 Å². The maximum absolute atomic E-state index is 15.2. The molecule has 0 aliphatic heterocycles. The highest BCUT2D eigenvalue weighted by Gasteiger charge is 2.27. The van der Waals surface area contributed by atoms with Gasteiger partial charge in [-0.3, -0.25) is 0 Å². The standard InChI is InChI=1S/C23H19F5N6O/c24-14-7-12(35-21-18(27)15(25)8-16(26)19(21)28)4-5-13(14)20-17-22(30)31-9-32-23(17)34(33-20)11-3-1-2-10(29)6-11/h4-5,7-11H,1-3,6,29H2,(H2,30,31,32). The molecule has 2 aromatic heterocycles. The number of halogens is 5. The van der Waals surface area contributed by atoms with E-state index in [1.807, 2.05) is 0 Å². The van der Waals surface area contributed by atoms with Crippen molar-refractivity contribution in [1.82, 2.24) is 19.7 Å². The zero-order valence-electron chi connectivity index (χ0n) is 18.1. The SMILES string of the molecule is Nc1ncnc2c1c(-c1ccc(Oc3c(F)c(F)cc(F)c3F)cc1F)nn2C1CCCC(N)C1. The van der Waals surface area contributed by atoms with Crippen LogP contribution in [0.15, 0.2) is 30.6 Å². The van der Waals surface area contributed by atoms with Crippen LogP contribution in [0, 0.1) is 29.1 Å². The highest BCUT2D eigenvalue weighted by molar-refractivity contribution is 5.98. The Morgan fingerprint density at radius 3 is 2.37 bits per heavy atom. The van der Waals surface area contributed by atoms with Crippen molar-refractivity contribution in [3.63, 3.8) is 0 Å². The second kappa shape index (κ2) is 8.77. The van der Waals surface area contributed by atoms with Crippen LogP contribution in [-0.4, -0.2) is 25.8 Å². The highest BCUT2D eigenvalue weighted by Crippen LogP contribution is 2.38. The third-order valence-electron chi connectivity index (χ3n) is 6.04. The molecule has 1 fully saturated rings. The van der Waals surface area contributed by atoms with E-state index in [0.717, 1.165) is 25.3 Å². The van der Waals surface area contributed by atoms with Gasteiger partial charge in [0.25, 0.3) is 0 Å². The number of fused-ring (bicyclic) bond motifs is 1. The van der Waals surface area contributed by atoms with Crippen LogP contribution in [0.2, 0.25) is 0 Å². The fourth-order valence-electron chi connectivity index (χ4n) is 4.37. The predicted molar refractivity (Wildman–Crippen MR) is 117 cm³/mol. The number of hydrogen-bond acceptors (Lipinski definition) is 6. The van der Waals surface area contributed by atoms with Gasteiger partial charge in [-0.1, -0.05) is 0 Å². The van der Waals surface area contributed by atoms with Crippen molar-refractivity contribution in [2.75, 3.05) is 5.73 Å². The van der Waals surface area contributed by atoms with E-state index in [1.165, 1.54) is 18.5 Å². The summed E-state index contributed by atoms with van der Waals surface area (Å²) in [7, 11) is 0. The van der Waals surface area contributed by atoms with Crippen LogP contribution in [0.25, 0.3) is 22.3 Å². The van der Waals surface area contributed by atoms with Crippen molar-refractivity contribution in [1.29, 1.82) is 0 Å². The van der Waals surface area contributed by atoms with E-state index >= 15 is 4.39 Å². The molecule has 7 nitrogen and oxygen atoms in total. The van der Waals surface area contributed by atoms with Gasteiger partial charge in [-0.2, -0.15) is 13.9 Å². The van der Waals surface area contributed by atoms with E-state index in [-0.39, 0.29) is 41.0 Å². The molecule has 0 radical (unpaired) electrons. The summed E-state index contributed by atoms with van der Waals surface area (Å²) in [5, 5.41) is 4.92. The van der Waals surface area contributed by atoms with E-state index in [9.17, 15) is 17.6 Å². The zero-order chi connectivity index (χ0) is 24.9. The Morgan fingerprint density at radius 1 is 0.943 bits per heavy atom. The molecule has 1 saturated carbocycles. The molecule has 0 amide bonds. The van der Waals surface area contributed by atoms with E-state index in [0.29, 0.717) is 17.5 Å².